The van der Waals surface area contributed by atoms with Gasteiger partial charge >= 0.3 is 12.0 Å². The molecule has 9 nitrogen and oxygen atoms in total. The third kappa shape index (κ3) is 5.00. The molecule has 0 saturated heterocycles. The van der Waals surface area contributed by atoms with Crippen LogP contribution in [-0.2, 0) is 11.3 Å². The summed E-state index contributed by atoms with van der Waals surface area (Å²) in [7, 11) is 5.77. The summed E-state index contributed by atoms with van der Waals surface area (Å²) in [5, 5.41) is 5.33. The van der Waals surface area contributed by atoms with Crippen molar-refractivity contribution in [3.63, 3.8) is 0 Å². The quantitative estimate of drug-likeness (QED) is 0.714. The minimum atomic E-state index is -0.472. The van der Waals surface area contributed by atoms with E-state index in [1.54, 1.807) is 18.2 Å². The Hall–Kier alpha value is -3.49. The van der Waals surface area contributed by atoms with Crippen LogP contribution in [0.3, 0.4) is 0 Å². The van der Waals surface area contributed by atoms with Gasteiger partial charge < -0.3 is 29.6 Å². The van der Waals surface area contributed by atoms with Gasteiger partial charge in [-0.15, -0.1) is 0 Å². The van der Waals surface area contributed by atoms with Crippen molar-refractivity contribution in [1.29, 1.82) is 0 Å². The molecule has 0 spiro atoms. The molecule has 0 atom stereocenters. The number of carbonyl (C=O) groups excluding carboxylic acids is 2. The van der Waals surface area contributed by atoms with E-state index in [1.165, 1.54) is 40.7 Å². The Kier molecular flexibility index (Phi) is 6.81. The molecule has 2 amide bonds. The molecule has 144 valence electrons. The molecule has 0 radical (unpaired) electrons. The second-order valence-corrected chi connectivity index (χ2v) is 5.25. The SMILES string of the molecule is COC(=O)c1ccnc(CNC(=O)Nc2cc(OC)c(OC)c(OC)c2)c1. The molecule has 0 saturated carbocycles. The van der Waals surface area contributed by atoms with Crippen molar-refractivity contribution in [1.82, 2.24) is 10.3 Å². The summed E-state index contributed by atoms with van der Waals surface area (Å²) in [5.74, 6) is 0.787. The number of rotatable bonds is 7. The first-order valence-electron chi connectivity index (χ1n) is 7.90. The fraction of sp³-hybridized carbons (Fsp3) is 0.278. The van der Waals surface area contributed by atoms with Crippen molar-refractivity contribution < 1.29 is 28.5 Å². The Bertz CT molecular complexity index is 799. The van der Waals surface area contributed by atoms with E-state index in [2.05, 4.69) is 20.4 Å². The van der Waals surface area contributed by atoms with Crippen molar-refractivity contribution in [3.05, 3.63) is 41.7 Å². The average molecular weight is 375 g/mol. The van der Waals surface area contributed by atoms with Gasteiger partial charge in [0.05, 0.1) is 51.9 Å². The van der Waals surface area contributed by atoms with Crippen LogP contribution in [0.15, 0.2) is 30.5 Å². The molecule has 0 bridgehead atoms. The minimum absolute atomic E-state index is 0.126. The number of methoxy groups -OCH3 is 4. The zero-order chi connectivity index (χ0) is 19.8. The first-order chi connectivity index (χ1) is 13.0. The van der Waals surface area contributed by atoms with Crippen molar-refractivity contribution in [2.45, 2.75) is 6.54 Å². The molecule has 1 aromatic heterocycles. The Labute approximate surface area is 156 Å². The van der Waals surface area contributed by atoms with Gasteiger partial charge in [0.15, 0.2) is 11.5 Å². The fourth-order valence-corrected chi connectivity index (χ4v) is 2.32. The zero-order valence-electron chi connectivity index (χ0n) is 15.5. The van der Waals surface area contributed by atoms with Crippen LogP contribution in [0.5, 0.6) is 17.2 Å². The van der Waals surface area contributed by atoms with Crippen LogP contribution in [0.4, 0.5) is 10.5 Å². The van der Waals surface area contributed by atoms with Gasteiger partial charge in [0.1, 0.15) is 0 Å². The molecule has 27 heavy (non-hydrogen) atoms. The fourth-order valence-electron chi connectivity index (χ4n) is 2.32. The summed E-state index contributed by atoms with van der Waals surface area (Å²) in [5.41, 5.74) is 1.32. The number of carbonyl (C=O) groups is 2. The number of esters is 1. The van der Waals surface area contributed by atoms with Crippen molar-refractivity contribution in [2.75, 3.05) is 33.8 Å². The Morgan fingerprint density at radius 2 is 1.67 bits per heavy atom. The number of hydrogen-bond donors (Lipinski definition) is 2. The number of pyridine rings is 1. The standard InChI is InChI=1S/C18H21N3O6/c1-24-14-8-12(9-15(25-2)16(14)26-3)21-18(23)20-10-13-7-11(5-6-19-13)17(22)27-4/h5-9H,10H2,1-4H3,(H2,20,21,23). The van der Waals surface area contributed by atoms with Crippen molar-refractivity contribution in [2.24, 2.45) is 0 Å². The summed E-state index contributed by atoms with van der Waals surface area (Å²) in [6.07, 6.45) is 1.47. The Morgan fingerprint density at radius 3 is 2.22 bits per heavy atom. The Balaban J connectivity index is 2.05. The molecule has 0 aliphatic rings. The topological polar surface area (TPSA) is 108 Å². The number of urea groups is 1. The zero-order valence-corrected chi connectivity index (χ0v) is 15.5. The molecule has 0 aliphatic heterocycles. The molecule has 2 aromatic rings. The molecule has 0 unspecified atom stereocenters. The number of anilines is 1. The van der Waals surface area contributed by atoms with Crippen LogP contribution in [0.2, 0.25) is 0 Å². The van der Waals surface area contributed by atoms with Gasteiger partial charge in [-0.2, -0.15) is 0 Å². The summed E-state index contributed by atoms with van der Waals surface area (Å²) < 4.78 is 20.4. The van der Waals surface area contributed by atoms with E-state index in [9.17, 15) is 9.59 Å². The second kappa shape index (κ2) is 9.27. The number of hydrogen-bond acceptors (Lipinski definition) is 7. The second-order valence-electron chi connectivity index (χ2n) is 5.25. The van der Waals surface area contributed by atoms with Gasteiger partial charge in [0.25, 0.3) is 0 Å². The number of amides is 2. The van der Waals surface area contributed by atoms with E-state index in [-0.39, 0.29) is 6.54 Å². The molecular formula is C18H21N3O6. The third-order valence-electron chi connectivity index (χ3n) is 3.59. The van der Waals surface area contributed by atoms with Crippen LogP contribution in [-0.4, -0.2) is 45.4 Å². The summed E-state index contributed by atoms with van der Waals surface area (Å²) in [6.45, 7) is 0.126. The lowest BCUT2D eigenvalue weighted by atomic mass is 10.2. The summed E-state index contributed by atoms with van der Waals surface area (Å²) in [6, 6.07) is 5.83. The molecule has 1 heterocycles. The van der Waals surface area contributed by atoms with E-state index < -0.39 is 12.0 Å². The van der Waals surface area contributed by atoms with Crippen LogP contribution >= 0.6 is 0 Å². The summed E-state index contributed by atoms with van der Waals surface area (Å²) >= 11 is 0. The number of ether oxygens (including phenoxy) is 4. The number of nitrogens with zero attached hydrogens (tertiary/aromatic N) is 1. The average Bonchev–Trinajstić information content (AvgIpc) is 2.70. The summed E-state index contributed by atoms with van der Waals surface area (Å²) in [4.78, 5) is 27.8. The highest BCUT2D eigenvalue weighted by atomic mass is 16.5. The monoisotopic (exact) mass is 375 g/mol. The normalized spacial score (nSPS) is 9.93. The van der Waals surface area contributed by atoms with Crippen molar-refractivity contribution >= 4 is 17.7 Å². The van der Waals surface area contributed by atoms with Crippen LogP contribution in [0.25, 0.3) is 0 Å². The lowest BCUT2D eigenvalue weighted by Gasteiger charge is -2.15. The largest absolute Gasteiger partial charge is 0.493 e. The molecule has 2 rings (SSSR count). The van der Waals surface area contributed by atoms with E-state index in [1.807, 2.05) is 0 Å². The van der Waals surface area contributed by atoms with Crippen LogP contribution < -0.4 is 24.8 Å². The minimum Gasteiger partial charge on any atom is -0.493 e. The lowest BCUT2D eigenvalue weighted by Crippen LogP contribution is -2.28. The maximum Gasteiger partial charge on any atom is 0.337 e. The van der Waals surface area contributed by atoms with Crippen LogP contribution in [0, 0.1) is 0 Å². The van der Waals surface area contributed by atoms with E-state index >= 15 is 0 Å². The van der Waals surface area contributed by atoms with E-state index in [0.29, 0.717) is 34.2 Å². The molecule has 1 aromatic carbocycles. The van der Waals surface area contributed by atoms with Gasteiger partial charge in [-0.25, -0.2) is 9.59 Å². The lowest BCUT2D eigenvalue weighted by molar-refractivity contribution is 0.0600. The van der Waals surface area contributed by atoms with Gasteiger partial charge in [-0.1, -0.05) is 0 Å². The predicted molar refractivity (Wildman–Crippen MR) is 97.5 cm³/mol. The van der Waals surface area contributed by atoms with Gasteiger partial charge in [0, 0.05) is 18.3 Å². The van der Waals surface area contributed by atoms with Crippen molar-refractivity contribution in [3.8, 4) is 17.2 Å². The highest BCUT2D eigenvalue weighted by Gasteiger charge is 2.14. The van der Waals surface area contributed by atoms with Crippen LogP contribution in [0.1, 0.15) is 16.1 Å². The number of aromatic nitrogens is 1. The first-order valence-corrected chi connectivity index (χ1v) is 7.90. The smallest absolute Gasteiger partial charge is 0.337 e. The molecular weight excluding hydrogens is 354 g/mol. The predicted octanol–water partition coefficient (Wildman–Crippen LogP) is 2.22. The van der Waals surface area contributed by atoms with E-state index in [0.717, 1.165) is 0 Å². The highest BCUT2D eigenvalue weighted by Crippen LogP contribution is 2.39. The Morgan fingerprint density at radius 1 is 1.00 bits per heavy atom. The van der Waals surface area contributed by atoms with Gasteiger partial charge in [0.2, 0.25) is 5.75 Å². The molecule has 2 N–H and O–H groups in total. The maximum atomic E-state index is 12.2. The molecule has 0 fully saturated rings. The maximum absolute atomic E-state index is 12.2. The molecule has 9 heteroatoms. The van der Waals surface area contributed by atoms with Gasteiger partial charge in [-0.3, -0.25) is 4.98 Å². The van der Waals surface area contributed by atoms with E-state index in [4.69, 9.17) is 14.2 Å². The van der Waals surface area contributed by atoms with Gasteiger partial charge in [-0.05, 0) is 12.1 Å². The molecule has 0 aliphatic carbocycles. The number of benzene rings is 1. The number of nitrogens with one attached hydrogen (secondary N) is 2. The first kappa shape index (κ1) is 19.8. The third-order valence-corrected chi connectivity index (χ3v) is 3.59. The highest BCUT2D eigenvalue weighted by molar-refractivity contribution is 5.90.